The smallest absolute Gasteiger partial charge is 0.146 e. The molecule has 0 amide bonds. The Morgan fingerprint density at radius 3 is 2.67 bits per heavy atom. The molecule has 3 aromatic rings. The molecule has 18 heavy (non-hydrogen) atoms. The lowest BCUT2D eigenvalue weighted by atomic mass is 10.1. The molecule has 90 valence electrons. The van der Waals surface area contributed by atoms with Crippen molar-refractivity contribution < 1.29 is 5.11 Å². The number of rotatable bonds is 1. The molecule has 0 aliphatic heterocycles. The number of nitrogens with zero attached hydrogens (tertiary/aromatic N) is 3. The summed E-state index contributed by atoms with van der Waals surface area (Å²) in [5.41, 5.74) is 0. The summed E-state index contributed by atoms with van der Waals surface area (Å²) in [7, 11) is 0. The summed E-state index contributed by atoms with van der Waals surface area (Å²) in [6.45, 7) is 0. The number of aromatic hydroxyl groups is 1. The van der Waals surface area contributed by atoms with E-state index in [1.54, 1.807) is 24.7 Å². The summed E-state index contributed by atoms with van der Waals surface area (Å²) in [5.74, 6) is 1.02. The van der Waals surface area contributed by atoms with Gasteiger partial charge in [0.25, 0.3) is 0 Å². The standard InChI is InChI=1S/C12H7I2N3O/c13-10-11(14)17(6-16-10)12-9-5-8(18)2-1-7(9)3-4-15-12/h1-6,18H. The van der Waals surface area contributed by atoms with Gasteiger partial charge in [0.1, 0.15) is 25.3 Å². The number of imidazole rings is 1. The molecule has 0 unspecified atom stereocenters. The van der Waals surface area contributed by atoms with E-state index in [9.17, 15) is 5.11 Å². The Kier molecular flexibility index (Phi) is 3.14. The highest BCUT2D eigenvalue weighted by atomic mass is 127. The quantitative estimate of drug-likeness (QED) is 0.564. The number of benzene rings is 1. The van der Waals surface area contributed by atoms with Gasteiger partial charge in [0.15, 0.2) is 0 Å². The molecule has 3 rings (SSSR count). The summed E-state index contributed by atoms with van der Waals surface area (Å²) >= 11 is 4.42. The van der Waals surface area contributed by atoms with Crippen molar-refractivity contribution in [1.82, 2.24) is 14.5 Å². The van der Waals surface area contributed by atoms with Crippen molar-refractivity contribution in [3.63, 3.8) is 0 Å². The maximum atomic E-state index is 9.62. The van der Waals surface area contributed by atoms with Crippen LogP contribution in [0.2, 0.25) is 0 Å². The van der Waals surface area contributed by atoms with Crippen molar-refractivity contribution >= 4 is 56.0 Å². The SMILES string of the molecule is Oc1ccc2ccnc(-n3cnc(I)c3I)c2c1. The van der Waals surface area contributed by atoms with Gasteiger partial charge in [-0.1, -0.05) is 6.07 Å². The van der Waals surface area contributed by atoms with Crippen LogP contribution in [-0.4, -0.2) is 19.6 Å². The van der Waals surface area contributed by atoms with E-state index in [-0.39, 0.29) is 5.75 Å². The maximum Gasteiger partial charge on any atom is 0.146 e. The predicted molar refractivity (Wildman–Crippen MR) is 86.0 cm³/mol. The molecule has 2 aromatic heterocycles. The summed E-state index contributed by atoms with van der Waals surface area (Å²) in [4.78, 5) is 8.66. The monoisotopic (exact) mass is 463 g/mol. The normalized spacial score (nSPS) is 11.0. The number of hydrogen-bond donors (Lipinski definition) is 1. The molecule has 4 nitrogen and oxygen atoms in total. The van der Waals surface area contributed by atoms with Gasteiger partial charge in [0, 0.05) is 11.6 Å². The lowest BCUT2D eigenvalue weighted by Gasteiger charge is -2.07. The molecule has 0 aliphatic carbocycles. The van der Waals surface area contributed by atoms with Gasteiger partial charge in [0.05, 0.1) is 0 Å². The van der Waals surface area contributed by atoms with Crippen LogP contribution in [0.1, 0.15) is 0 Å². The molecule has 0 aliphatic rings. The van der Waals surface area contributed by atoms with Crippen LogP contribution in [0, 0.1) is 7.40 Å². The van der Waals surface area contributed by atoms with E-state index in [0.29, 0.717) is 0 Å². The van der Waals surface area contributed by atoms with Crippen LogP contribution in [0.3, 0.4) is 0 Å². The molecule has 0 radical (unpaired) electrons. The number of phenols is 1. The van der Waals surface area contributed by atoms with Gasteiger partial charge >= 0.3 is 0 Å². The van der Waals surface area contributed by atoms with Crippen molar-refractivity contribution in [1.29, 1.82) is 0 Å². The fourth-order valence-electron chi connectivity index (χ4n) is 1.79. The first kappa shape index (κ1) is 12.2. The lowest BCUT2D eigenvalue weighted by molar-refractivity contribution is 0.476. The summed E-state index contributed by atoms with van der Waals surface area (Å²) in [5, 5.41) is 11.6. The van der Waals surface area contributed by atoms with Gasteiger partial charge in [-0.2, -0.15) is 0 Å². The molecule has 0 fully saturated rings. The minimum Gasteiger partial charge on any atom is -0.508 e. The number of aromatic nitrogens is 3. The Bertz CT molecular complexity index is 739. The van der Waals surface area contributed by atoms with Crippen molar-refractivity contribution in [2.24, 2.45) is 0 Å². The molecule has 1 aromatic carbocycles. The van der Waals surface area contributed by atoms with Gasteiger partial charge in [-0.3, -0.25) is 4.57 Å². The molecule has 0 saturated heterocycles. The molecular formula is C12H7I2N3O. The second-order valence-electron chi connectivity index (χ2n) is 3.74. The Hall–Kier alpha value is -0.900. The Morgan fingerprint density at radius 2 is 1.94 bits per heavy atom. The second-order valence-corrected chi connectivity index (χ2v) is 5.78. The Labute approximate surface area is 130 Å². The minimum absolute atomic E-state index is 0.238. The fourth-order valence-corrected chi connectivity index (χ4v) is 2.67. The summed E-state index contributed by atoms with van der Waals surface area (Å²) < 4.78 is 3.87. The molecule has 6 heteroatoms. The highest BCUT2D eigenvalue weighted by molar-refractivity contribution is 14.1. The lowest BCUT2D eigenvalue weighted by Crippen LogP contribution is -1.99. The zero-order chi connectivity index (χ0) is 12.7. The number of phenolic OH excluding ortho intramolecular Hbond substituents is 1. The first-order chi connectivity index (χ1) is 8.66. The molecule has 0 saturated carbocycles. The second kappa shape index (κ2) is 4.65. The zero-order valence-electron chi connectivity index (χ0n) is 9.01. The average molecular weight is 463 g/mol. The van der Waals surface area contributed by atoms with Crippen LogP contribution >= 0.6 is 45.2 Å². The van der Waals surface area contributed by atoms with Crippen LogP contribution in [-0.2, 0) is 0 Å². The third kappa shape index (κ3) is 1.96. The number of hydrogen-bond acceptors (Lipinski definition) is 3. The maximum absolute atomic E-state index is 9.62. The van der Waals surface area contributed by atoms with Gasteiger partial charge in [0.2, 0.25) is 0 Å². The first-order valence-corrected chi connectivity index (χ1v) is 7.29. The van der Waals surface area contributed by atoms with E-state index in [4.69, 9.17) is 0 Å². The summed E-state index contributed by atoms with van der Waals surface area (Å²) in [6.07, 6.45) is 3.51. The zero-order valence-corrected chi connectivity index (χ0v) is 13.3. The van der Waals surface area contributed by atoms with Crippen LogP contribution in [0.15, 0.2) is 36.8 Å². The number of pyridine rings is 1. The van der Waals surface area contributed by atoms with Crippen molar-refractivity contribution in [2.75, 3.05) is 0 Å². The fraction of sp³-hybridized carbons (Fsp3) is 0. The highest BCUT2D eigenvalue weighted by Crippen LogP contribution is 2.26. The van der Waals surface area contributed by atoms with Gasteiger partial charge in [-0.25, -0.2) is 9.97 Å². The van der Waals surface area contributed by atoms with E-state index in [2.05, 4.69) is 55.1 Å². The van der Waals surface area contributed by atoms with Crippen LogP contribution in [0.25, 0.3) is 16.6 Å². The predicted octanol–water partition coefficient (Wildman–Crippen LogP) is 3.34. The minimum atomic E-state index is 0.238. The van der Waals surface area contributed by atoms with Crippen LogP contribution in [0.4, 0.5) is 0 Å². The number of fused-ring (bicyclic) bond motifs is 1. The molecule has 0 atom stereocenters. The topological polar surface area (TPSA) is 50.9 Å². The highest BCUT2D eigenvalue weighted by Gasteiger charge is 2.11. The van der Waals surface area contributed by atoms with Gasteiger partial charge < -0.3 is 5.11 Å². The third-order valence-corrected chi connectivity index (χ3v) is 5.48. The average Bonchev–Trinajstić information content (AvgIpc) is 2.69. The molecular weight excluding hydrogens is 456 g/mol. The van der Waals surface area contributed by atoms with E-state index >= 15 is 0 Å². The number of halogens is 2. The van der Waals surface area contributed by atoms with Crippen molar-refractivity contribution in [3.05, 3.63) is 44.2 Å². The third-order valence-electron chi connectivity index (χ3n) is 2.63. The van der Waals surface area contributed by atoms with Crippen LogP contribution in [0.5, 0.6) is 5.75 Å². The molecule has 2 heterocycles. The van der Waals surface area contributed by atoms with E-state index in [0.717, 1.165) is 24.0 Å². The molecule has 1 N–H and O–H groups in total. The Balaban J connectivity index is 2.35. The molecule has 0 spiro atoms. The Morgan fingerprint density at radius 1 is 1.11 bits per heavy atom. The van der Waals surface area contributed by atoms with E-state index in [1.165, 1.54) is 0 Å². The van der Waals surface area contributed by atoms with Crippen LogP contribution < -0.4 is 0 Å². The largest absolute Gasteiger partial charge is 0.508 e. The van der Waals surface area contributed by atoms with Crippen molar-refractivity contribution in [3.8, 4) is 11.6 Å². The van der Waals surface area contributed by atoms with Gasteiger partial charge in [-0.15, -0.1) is 0 Å². The van der Waals surface area contributed by atoms with Crippen molar-refractivity contribution in [2.45, 2.75) is 0 Å². The first-order valence-electron chi connectivity index (χ1n) is 5.13. The van der Waals surface area contributed by atoms with E-state index in [1.807, 2.05) is 16.7 Å². The van der Waals surface area contributed by atoms with Gasteiger partial charge in [-0.05, 0) is 68.8 Å². The molecule has 0 bridgehead atoms. The van der Waals surface area contributed by atoms with E-state index < -0.39 is 0 Å². The summed E-state index contributed by atoms with van der Waals surface area (Å²) in [6, 6.07) is 7.20.